The Morgan fingerprint density at radius 3 is 2.48 bits per heavy atom. The lowest BCUT2D eigenvalue weighted by molar-refractivity contribution is 0.0651. The van der Waals surface area contributed by atoms with Crippen LogP contribution in [0.5, 0.6) is 5.75 Å². The van der Waals surface area contributed by atoms with Crippen molar-refractivity contribution in [1.29, 1.82) is 0 Å². The number of ether oxygens (including phenoxy) is 1. The van der Waals surface area contributed by atoms with Gasteiger partial charge in [0.15, 0.2) is 0 Å². The van der Waals surface area contributed by atoms with Crippen molar-refractivity contribution >= 4 is 0 Å². The van der Waals surface area contributed by atoms with Gasteiger partial charge in [0.05, 0.1) is 19.8 Å². The van der Waals surface area contributed by atoms with Crippen LogP contribution in [-0.4, -0.2) is 73.0 Å². The molecule has 0 radical (unpaired) electrons. The summed E-state index contributed by atoms with van der Waals surface area (Å²) in [6, 6.07) is 5.89. The van der Waals surface area contributed by atoms with Crippen molar-refractivity contribution in [2.75, 3.05) is 53.0 Å². The molecule has 118 valence electrons. The van der Waals surface area contributed by atoms with Gasteiger partial charge in [0.1, 0.15) is 5.75 Å². The SMILES string of the molecule is COc1ccc(C)cc1[C@H](O)CN1CCN(CCO)CC1. The minimum absolute atomic E-state index is 0.211. The third-order valence-corrected chi connectivity index (χ3v) is 4.06. The molecule has 1 aromatic rings. The molecule has 0 aromatic heterocycles. The van der Waals surface area contributed by atoms with E-state index in [1.54, 1.807) is 7.11 Å². The monoisotopic (exact) mass is 294 g/mol. The Labute approximate surface area is 126 Å². The van der Waals surface area contributed by atoms with Crippen molar-refractivity contribution in [2.24, 2.45) is 0 Å². The van der Waals surface area contributed by atoms with Crippen molar-refractivity contribution in [2.45, 2.75) is 13.0 Å². The molecule has 1 aliphatic rings. The van der Waals surface area contributed by atoms with Gasteiger partial charge in [-0.05, 0) is 19.1 Å². The van der Waals surface area contributed by atoms with Crippen LogP contribution in [0.15, 0.2) is 18.2 Å². The zero-order chi connectivity index (χ0) is 15.2. The van der Waals surface area contributed by atoms with Crippen LogP contribution in [-0.2, 0) is 0 Å². The highest BCUT2D eigenvalue weighted by molar-refractivity contribution is 5.38. The molecule has 0 saturated carbocycles. The maximum Gasteiger partial charge on any atom is 0.124 e. The summed E-state index contributed by atoms with van der Waals surface area (Å²) in [5.41, 5.74) is 1.98. The number of piperazine rings is 1. The highest BCUT2D eigenvalue weighted by Crippen LogP contribution is 2.27. The van der Waals surface area contributed by atoms with Crippen molar-refractivity contribution in [3.63, 3.8) is 0 Å². The zero-order valence-electron chi connectivity index (χ0n) is 13.0. The summed E-state index contributed by atoms with van der Waals surface area (Å²) < 4.78 is 5.35. The molecule has 0 bridgehead atoms. The van der Waals surface area contributed by atoms with Gasteiger partial charge in [-0.15, -0.1) is 0 Å². The Morgan fingerprint density at radius 2 is 1.86 bits per heavy atom. The fourth-order valence-corrected chi connectivity index (χ4v) is 2.79. The minimum Gasteiger partial charge on any atom is -0.496 e. The molecule has 2 rings (SSSR count). The molecule has 0 aliphatic carbocycles. The van der Waals surface area contributed by atoms with E-state index in [0.29, 0.717) is 6.54 Å². The molecule has 1 atom stereocenters. The number of hydrogen-bond donors (Lipinski definition) is 2. The number of methoxy groups -OCH3 is 1. The maximum atomic E-state index is 10.5. The number of rotatable bonds is 6. The first kappa shape index (κ1) is 16.2. The summed E-state index contributed by atoms with van der Waals surface area (Å²) in [7, 11) is 1.63. The van der Waals surface area contributed by atoms with E-state index in [9.17, 15) is 5.11 Å². The average Bonchev–Trinajstić information content (AvgIpc) is 2.49. The largest absolute Gasteiger partial charge is 0.496 e. The number of hydrogen-bond acceptors (Lipinski definition) is 5. The van der Waals surface area contributed by atoms with E-state index in [0.717, 1.165) is 49.6 Å². The summed E-state index contributed by atoms with van der Waals surface area (Å²) in [6.45, 7) is 7.31. The quantitative estimate of drug-likeness (QED) is 0.807. The topological polar surface area (TPSA) is 56.2 Å². The first-order valence-electron chi connectivity index (χ1n) is 7.52. The van der Waals surface area contributed by atoms with Gasteiger partial charge < -0.3 is 14.9 Å². The molecule has 1 fully saturated rings. The molecule has 1 heterocycles. The molecule has 5 heteroatoms. The molecule has 1 aromatic carbocycles. The second-order valence-corrected chi connectivity index (χ2v) is 5.63. The summed E-state index contributed by atoms with van der Waals surface area (Å²) in [5.74, 6) is 0.743. The van der Waals surface area contributed by atoms with Crippen molar-refractivity contribution < 1.29 is 14.9 Å². The van der Waals surface area contributed by atoms with Crippen molar-refractivity contribution in [1.82, 2.24) is 9.80 Å². The Bertz CT molecular complexity index is 445. The lowest BCUT2D eigenvalue weighted by Gasteiger charge is -2.35. The fourth-order valence-electron chi connectivity index (χ4n) is 2.79. The van der Waals surface area contributed by atoms with Gasteiger partial charge in [-0.2, -0.15) is 0 Å². The first-order chi connectivity index (χ1) is 10.1. The second kappa shape index (κ2) is 7.75. The van der Waals surface area contributed by atoms with Crippen LogP contribution in [0.25, 0.3) is 0 Å². The number of benzene rings is 1. The lowest BCUT2D eigenvalue weighted by atomic mass is 10.0. The molecule has 5 nitrogen and oxygen atoms in total. The van der Waals surface area contributed by atoms with Crippen molar-refractivity contribution in [3.05, 3.63) is 29.3 Å². The maximum absolute atomic E-state index is 10.5. The number of β-amino-alcohol motifs (C(OH)–C–C–N with tert-alkyl or cyclic N) is 2. The predicted molar refractivity (Wildman–Crippen MR) is 82.7 cm³/mol. The standard InChI is InChI=1S/C16H26N2O3/c1-13-3-4-16(21-2)14(11-13)15(20)12-18-7-5-17(6-8-18)9-10-19/h3-4,11,15,19-20H,5-10,12H2,1-2H3/t15-/m1/s1. The molecular weight excluding hydrogens is 268 g/mol. The Hall–Kier alpha value is -1.14. The molecule has 1 saturated heterocycles. The third kappa shape index (κ3) is 4.41. The van der Waals surface area contributed by atoms with Crippen LogP contribution >= 0.6 is 0 Å². The summed E-state index contributed by atoms with van der Waals surface area (Å²) in [4.78, 5) is 4.51. The first-order valence-corrected chi connectivity index (χ1v) is 7.52. The third-order valence-electron chi connectivity index (χ3n) is 4.06. The highest BCUT2D eigenvalue weighted by atomic mass is 16.5. The summed E-state index contributed by atoms with van der Waals surface area (Å²) >= 11 is 0. The van der Waals surface area contributed by atoms with Gasteiger partial charge in [0.2, 0.25) is 0 Å². The smallest absolute Gasteiger partial charge is 0.124 e. The fraction of sp³-hybridized carbons (Fsp3) is 0.625. The summed E-state index contributed by atoms with van der Waals surface area (Å²) in [5, 5.41) is 19.5. The zero-order valence-corrected chi connectivity index (χ0v) is 13.0. The van der Waals surface area contributed by atoms with E-state index in [4.69, 9.17) is 9.84 Å². The van der Waals surface area contributed by atoms with Gasteiger partial charge in [-0.25, -0.2) is 0 Å². The Morgan fingerprint density at radius 1 is 1.19 bits per heavy atom. The van der Waals surface area contributed by atoms with E-state index >= 15 is 0 Å². The van der Waals surface area contributed by atoms with Crippen LogP contribution in [0.1, 0.15) is 17.2 Å². The average molecular weight is 294 g/mol. The minimum atomic E-state index is -0.538. The highest BCUT2D eigenvalue weighted by Gasteiger charge is 2.21. The van der Waals surface area contributed by atoms with Gasteiger partial charge >= 0.3 is 0 Å². The predicted octanol–water partition coefficient (Wildman–Crippen LogP) is 0.647. The van der Waals surface area contributed by atoms with Gasteiger partial charge in [0, 0.05) is 44.8 Å². The molecular formula is C16H26N2O3. The molecule has 2 N–H and O–H groups in total. The van der Waals surface area contributed by atoms with Crippen LogP contribution in [0, 0.1) is 6.92 Å². The van der Waals surface area contributed by atoms with Gasteiger partial charge in [-0.3, -0.25) is 9.80 Å². The van der Waals surface area contributed by atoms with Crippen LogP contribution < -0.4 is 4.74 Å². The van der Waals surface area contributed by atoms with Gasteiger partial charge in [-0.1, -0.05) is 11.6 Å². The van der Waals surface area contributed by atoms with Crippen LogP contribution in [0.4, 0.5) is 0 Å². The van der Waals surface area contributed by atoms with E-state index in [2.05, 4.69) is 9.80 Å². The van der Waals surface area contributed by atoms with E-state index < -0.39 is 6.10 Å². The van der Waals surface area contributed by atoms with Crippen LogP contribution in [0.2, 0.25) is 0 Å². The van der Waals surface area contributed by atoms with Crippen LogP contribution in [0.3, 0.4) is 0 Å². The summed E-state index contributed by atoms with van der Waals surface area (Å²) in [6.07, 6.45) is -0.538. The molecule has 1 aliphatic heterocycles. The second-order valence-electron chi connectivity index (χ2n) is 5.63. The Kier molecular flexibility index (Phi) is 5.99. The number of aliphatic hydroxyl groups excluding tert-OH is 2. The number of aliphatic hydroxyl groups is 2. The normalized spacial score (nSPS) is 18.7. The Balaban J connectivity index is 1.93. The van der Waals surface area contributed by atoms with E-state index in [-0.39, 0.29) is 6.61 Å². The van der Waals surface area contributed by atoms with Crippen molar-refractivity contribution in [3.8, 4) is 5.75 Å². The van der Waals surface area contributed by atoms with E-state index in [1.807, 2.05) is 25.1 Å². The molecule has 0 amide bonds. The van der Waals surface area contributed by atoms with E-state index in [1.165, 1.54) is 0 Å². The van der Waals surface area contributed by atoms with Gasteiger partial charge in [0.25, 0.3) is 0 Å². The number of nitrogens with zero attached hydrogens (tertiary/aromatic N) is 2. The molecule has 21 heavy (non-hydrogen) atoms. The lowest BCUT2D eigenvalue weighted by Crippen LogP contribution is -2.48. The molecule has 0 unspecified atom stereocenters. The molecule has 0 spiro atoms. The number of aryl methyl sites for hydroxylation is 1.